The van der Waals surface area contributed by atoms with E-state index in [1.54, 1.807) is 12.1 Å². The summed E-state index contributed by atoms with van der Waals surface area (Å²) >= 11 is 0. The van der Waals surface area contributed by atoms with Crippen molar-refractivity contribution in [2.45, 2.75) is 5.92 Å². The Kier molecular flexibility index (Phi) is 1.60. The molecule has 0 radical (unpaired) electrons. The van der Waals surface area contributed by atoms with Gasteiger partial charge >= 0.3 is 0 Å². The maximum Gasteiger partial charge on any atom is 0.123 e. The first-order chi connectivity index (χ1) is 6.86. The molecule has 0 saturated heterocycles. The molecule has 0 spiro atoms. The molecule has 70 valence electrons. The fourth-order valence-electron chi connectivity index (χ4n) is 2.37. The van der Waals surface area contributed by atoms with E-state index in [0.717, 1.165) is 0 Å². The van der Waals surface area contributed by atoms with Crippen LogP contribution in [0.25, 0.3) is 0 Å². The number of hydrogen-bond donors (Lipinski definition) is 0. The van der Waals surface area contributed by atoms with E-state index in [1.165, 1.54) is 5.56 Å². The molecular weight excluding hydrogens is 175 g/mol. The summed E-state index contributed by atoms with van der Waals surface area (Å²) in [6.45, 7) is 0. The van der Waals surface area contributed by atoms with E-state index >= 15 is 0 Å². The first kappa shape index (κ1) is 7.98. The topological polar surface area (TPSA) is 0 Å². The monoisotopic (exact) mass is 186 g/mol. The maximum absolute atomic E-state index is 12.7. The Balaban J connectivity index is 1.89. The van der Waals surface area contributed by atoms with Gasteiger partial charge in [-0.15, -0.1) is 0 Å². The summed E-state index contributed by atoms with van der Waals surface area (Å²) < 4.78 is 12.7. The van der Waals surface area contributed by atoms with Crippen LogP contribution in [0.2, 0.25) is 0 Å². The summed E-state index contributed by atoms with van der Waals surface area (Å²) in [5, 5.41) is 0. The number of fused-ring (bicyclic) bond motifs is 1. The fraction of sp³-hybridized carbons (Fsp3) is 0.231. The van der Waals surface area contributed by atoms with Crippen LogP contribution < -0.4 is 0 Å². The molecule has 0 nitrogen and oxygen atoms in total. The second kappa shape index (κ2) is 2.81. The van der Waals surface area contributed by atoms with Crippen LogP contribution in [0.4, 0.5) is 4.39 Å². The van der Waals surface area contributed by atoms with Gasteiger partial charge in [0.15, 0.2) is 0 Å². The number of rotatable bonds is 1. The minimum atomic E-state index is -0.150. The Hall–Kier alpha value is -1.37. The van der Waals surface area contributed by atoms with Crippen LogP contribution in [0, 0.1) is 17.7 Å². The van der Waals surface area contributed by atoms with Gasteiger partial charge in [-0.3, -0.25) is 0 Å². The van der Waals surface area contributed by atoms with E-state index in [2.05, 4.69) is 24.3 Å². The van der Waals surface area contributed by atoms with Crippen LogP contribution in [0.5, 0.6) is 0 Å². The van der Waals surface area contributed by atoms with Crippen molar-refractivity contribution in [1.29, 1.82) is 0 Å². The molecule has 0 aliphatic heterocycles. The average molecular weight is 186 g/mol. The summed E-state index contributed by atoms with van der Waals surface area (Å²) in [6.07, 6.45) is 8.70. The standard InChI is InChI=1S/C13H11F/c14-10-7-5-9(6-8-10)13-11-3-1-2-4-12(11)13/h1-8,11-13H. The van der Waals surface area contributed by atoms with Gasteiger partial charge in [-0.05, 0) is 35.4 Å². The lowest BCUT2D eigenvalue weighted by Crippen LogP contribution is -1.82. The van der Waals surface area contributed by atoms with Gasteiger partial charge in [0.1, 0.15) is 5.82 Å². The zero-order valence-corrected chi connectivity index (χ0v) is 7.73. The molecule has 14 heavy (non-hydrogen) atoms. The minimum absolute atomic E-state index is 0.150. The van der Waals surface area contributed by atoms with E-state index in [-0.39, 0.29) is 5.82 Å². The third-order valence-corrected chi connectivity index (χ3v) is 3.17. The van der Waals surface area contributed by atoms with Gasteiger partial charge in [-0.2, -0.15) is 0 Å². The molecule has 2 aliphatic rings. The van der Waals surface area contributed by atoms with Crippen LogP contribution in [0.1, 0.15) is 11.5 Å². The van der Waals surface area contributed by atoms with Crippen LogP contribution in [-0.4, -0.2) is 0 Å². The zero-order chi connectivity index (χ0) is 9.54. The quantitative estimate of drug-likeness (QED) is 0.631. The first-order valence-corrected chi connectivity index (χ1v) is 4.97. The molecule has 1 fully saturated rings. The average Bonchev–Trinajstić information content (AvgIpc) is 2.93. The van der Waals surface area contributed by atoms with E-state index < -0.39 is 0 Å². The van der Waals surface area contributed by atoms with Gasteiger partial charge in [-0.25, -0.2) is 4.39 Å². The van der Waals surface area contributed by atoms with E-state index in [9.17, 15) is 4.39 Å². The SMILES string of the molecule is Fc1ccc(C2C3C=CC=CC32)cc1. The van der Waals surface area contributed by atoms with Gasteiger partial charge in [0, 0.05) is 0 Å². The summed E-state index contributed by atoms with van der Waals surface area (Å²) in [7, 11) is 0. The molecule has 1 aromatic rings. The molecule has 2 unspecified atom stereocenters. The highest BCUT2D eigenvalue weighted by Crippen LogP contribution is 2.56. The first-order valence-electron chi connectivity index (χ1n) is 4.97. The third-order valence-electron chi connectivity index (χ3n) is 3.17. The van der Waals surface area contributed by atoms with Crippen LogP contribution in [0.15, 0.2) is 48.6 Å². The second-order valence-electron chi connectivity index (χ2n) is 4.00. The molecule has 1 aromatic carbocycles. The molecule has 1 heteroatoms. The van der Waals surface area contributed by atoms with Crippen molar-refractivity contribution >= 4 is 0 Å². The Morgan fingerprint density at radius 1 is 0.857 bits per heavy atom. The molecule has 0 N–H and O–H groups in total. The maximum atomic E-state index is 12.7. The van der Waals surface area contributed by atoms with Crippen LogP contribution in [-0.2, 0) is 0 Å². The lowest BCUT2D eigenvalue weighted by Gasteiger charge is -1.97. The molecule has 2 atom stereocenters. The molecule has 0 heterocycles. The van der Waals surface area contributed by atoms with E-state index in [1.807, 2.05) is 12.1 Å². The van der Waals surface area contributed by atoms with Crippen molar-refractivity contribution in [2.75, 3.05) is 0 Å². The molecule has 1 saturated carbocycles. The Morgan fingerprint density at radius 3 is 2.00 bits per heavy atom. The summed E-state index contributed by atoms with van der Waals surface area (Å²) in [6, 6.07) is 6.90. The van der Waals surface area contributed by atoms with Gasteiger partial charge in [-0.1, -0.05) is 36.4 Å². The van der Waals surface area contributed by atoms with Crippen molar-refractivity contribution in [3.8, 4) is 0 Å². The second-order valence-corrected chi connectivity index (χ2v) is 4.00. The molecule has 0 aromatic heterocycles. The van der Waals surface area contributed by atoms with Gasteiger partial charge in [0.25, 0.3) is 0 Å². The van der Waals surface area contributed by atoms with Gasteiger partial charge < -0.3 is 0 Å². The number of benzene rings is 1. The number of hydrogen-bond acceptors (Lipinski definition) is 0. The number of halogens is 1. The van der Waals surface area contributed by atoms with E-state index in [4.69, 9.17) is 0 Å². The largest absolute Gasteiger partial charge is 0.207 e. The van der Waals surface area contributed by atoms with Crippen molar-refractivity contribution in [2.24, 2.45) is 11.8 Å². The highest BCUT2D eigenvalue weighted by Gasteiger charge is 2.47. The van der Waals surface area contributed by atoms with Crippen LogP contribution in [0.3, 0.4) is 0 Å². The molecular formula is C13H11F. The molecule has 3 rings (SSSR count). The Morgan fingerprint density at radius 2 is 1.43 bits per heavy atom. The fourth-order valence-corrected chi connectivity index (χ4v) is 2.37. The van der Waals surface area contributed by atoms with Crippen molar-refractivity contribution in [1.82, 2.24) is 0 Å². The zero-order valence-electron chi connectivity index (χ0n) is 7.73. The third kappa shape index (κ3) is 1.12. The predicted octanol–water partition coefficient (Wildman–Crippen LogP) is 3.28. The molecule has 0 bridgehead atoms. The smallest absolute Gasteiger partial charge is 0.123 e. The minimum Gasteiger partial charge on any atom is -0.207 e. The van der Waals surface area contributed by atoms with Crippen molar-refractivity contribution in [3.63, 3.8) is 0 Å². The molecule has 0 amide bonds. The van der Waals surface area contributed by atoms with Crippen molar-refractivity contribution < 1.29 is 4.39 Å². The summed E-state index contributed by atoms with van der Waals surface area (Å²) in [5.74, 6) is 1.75. The summed E-state index contributed by atoms with van der Waals surface area (Å²) in [4.78, 5) is 0. The molecule has 2 aliphatic carbocycles. The lowest BCUT2D eigenvalue weighted by atomic mass is 10.1. The van der Waals surface area contributed by atoms with Gasteiger partial charge in [0.2, 0.25) is 0 Å². The predicted molar refractivity (Wildman–Crippen MR) is 54.4 cm³/mol. The highest BCUT2D eigenvalue weighted by molar-refractivity contribution is 5.37. The summed E-state index contributed by atoms with van der Waals surface area (Å²) in [5.41, 5.74) is 1.26. The lowest BCUT2D eigenvalue weighted by molar-refractivity contribution is 0.627. The van der Waals surface area contributed by atoms with E-state index in [0.29, 0.717) is 17.8 Å². The van der Waals surface area contributed by atoms with Crippen molar-refractivity contribution in [3.05, 3.63) is 60.0 Å². The van der Waals surface area contributed by atoms with Crippen LogP contribution >= 0.6 is 0 Å². The Labute approximate surface area is 82.8 Å². The normalized spacial score (nSPS) is 32.8. The number of allylic oxidation sites excluding steroid dienone is 4. The highest BCUT2D eigenvalue weighted by atomic mass is 19.1. The Bertz CT molecular complexity index is 382. The van der Waals surface area contributed by atoms with Gasteiger partial charge in [0.05, 0.1) is 0 Å².